The minimum Gasteiger partial charge on any atom is -0.454 e. The van der Waals surface area contributed by atoms with Crippen LogP contribution in [0.5, 0.6) is 0 Å². The van der Waals surface area contributed by atoms with Crippen LogP contribution in [0.15, 0.2) is 67.0 Å². The van der Waals surface area contributed by atoms with Gasteiger partial charge in [0.25, 0.3) is 11.1 Å². The molecular weight excluding hydrogens is 408 g/mol. The normalized spacial score (nSPS) is 12.4. The molecule has 6 aromatic rings. The van der Waals surface area contributed by atoms with Crippen molar-refractivity contribution in [3.63, 3.8) is 0 Å². The molecule has 3 aromatic carbocycles. The summed E-state index contributed by atoms with van der Waals surface area (Å²) < 4.78 is 9.85. The first-order chi connectivity index (χ1) is 13.1. The van der Waals surface area contributed by atoms with Gasteiger partial charge in [-0.25, -0.2) is 4.52 Å². The smallest absolute Gasteiger partial charge is 0.282 e. The molecule has 6 rings (SSSR count). The van der Waals surface area contributed by atoms with Gasteiger partial charge in [-0.2, -0.15) is 4.52 Å². The molecule has 27 heavy (non-hydrogen) atoms. The number of rotatable bonds is 0. The van der Waals surface area contributed by atoms with E-state index in [0.717, 1.165) is 31.9 Å². The highest BCUT2D eigenvalue weighted by atomic mass is 79.9. The molecule has 5 nitrogen and oxygen atoms in total. The van der Waals surface area contributed by atoms with Gasteiger partial charge >= 0.3 is 0 Å². The molecule has 3 heterocycles. The molecule has 0 N–H and O–H groups in total. The van der Waals surface area contributed by atoms with Gasteiger partial charge in [-0.05, 0) is 42.8 Å². The highest BCUT2D eigenvalue weighted by Gasteiger charge is 2.22. The van der Waals surface area contributed by atoms with E-state index >= 15 is 0 Å². The van der Waals surface area contributed by atoms with E-state index in [1.165, 1.54) is 4.52 Å². The van der Waals surface area contributed by atoms with Gasteiger partial charge in [-0.15, -0.1) is 0 Å². The molecule has 0 saturated carbocycles. The number of para-hydroxylation sites is 1. The zero-order valence-corrected chi connectivity index (χ0v) is 15.7. The second-order valence-electron chi connectivity index (χ2n) is 6.79. The van der Waals surface area contributed by atoms with Crippen LogP contribution in [0.25, 0.3) is 43.7 Å². The lowest BCUT2D eigenvalue weighted by Gasteiger charge is -2.00. The monoisotopic (exact) mass is 418 g/mol. The molecule has 0 aliphatic carbocycles. The molecule has 3 aromatic heterocycles. The summed E-state index contributed by atoms with van der Waals surface area (Å²) in [7, 11) is 0. The maximum absolute atomic E-state index is 13.0. The van der Waals surface area contributed by atoms with Gasteiger partial charge in [0.05, 0.1) is 16.3 Å². The fraction of sp³-hybridized carbons (Fsp3) is 0.0476. The maximum Gasteiger partial charge on any atom is 0.282 e. The Balaban J connectivity index is 2.03. The van der Waals surface area contributed by atoms with E-state index in [-0.39, 0.29) is 11.1 Å². The van der Waals surface area contributed by atoms with E-state index in [1.807, 2.05) is 43.3 Å². The molecule has 130 valence electrons. The number of benzene rings is 3. The van der Waals surface area contributed by atoms with Crippen molar-refractivity contribution in [1.29, 1.82) is 0 Å². The van der Waals surface area contributed by atoms with E-state index in [0.29, 0.717) is 21.9 Å². The van der Waals surface area contributed by atoms with Crippen molar-refractivity contribution in [2.45, 2.75) is 6.92 Å². The lowest BCUT2D eigenvalue weighted by molar-refractivity contribution is 0.670. The summed E-state index contributed by atoms with van der Waals surface area (Å²) in [5, 5.41) is 2.89. The Hall–Kier alpha value is -3.12. The van der Waals surface area contributed by atoms with Gasteiger partial charge < -0.3 is 4.42 Å². The van der Waals surface area contributed by atoms with Crippen LogP contribution < -0.4 is 11.1 Å². The van der Waals surface area contributed by atoms with Crippen molar-refractivity contribution in [3.05, 3.63) is 79.3 Å². The summed E-state index contributed by atoms with van der Waals surface area (Å²) in [6.45, 7) is 1.93. The number of halogens is 1. The van der Waals surface area contributed by atoms with Crippen LogP contribution >= 0.6 is 15.9 Å². The van der Waals surface area contributed by atoms with Gasteiger partial charge in [0, 0.05) is 15.2 Å². The minimum absolute atomic E-state index is 0.320. The maximum atomic E-state index is 13.0. The first-order valence-electron chi connectivity index (χ1n) is 8.49. The van der Waals surface area contributed by atoms with Gasteiger partial charge in [0.15, 0.2) is 5.58 Å². The highest BCUT2D eigenvalue weighted by Crippen LogP contribution is 2.34. The minimum atomic E-state index is -0.330. The Morgan fingerprint density at radius 3 is 2.41 bits per heavy atom. The zero-order valence-electron chi connectivity index (χ0n) is 14.1. The van der Waals surface area contributed by atoms with Crippen molar-refractivity contribution >= 4 is 59.7 Å². The lowest BCUT2D eigenvalue weighted by atomic mass is 10.1. The summed E-state index contributed by atoms with van der Waals surface area (Å²) in [5.74, 6) is 0. The number of nitrogens with zero attached hydrogens (tertiary/aromatic N) is 2. The average Bonchev–Trinajstić information content (AvgIpc) is 3.25. The van der Waals surface area contributed by atoms with Gasteiger partial charge in [0.1, 0.15) is 11.1 Å². The fourth-order valence-electron chi connectivity index (χ4n) is 4.15. The molecule has 0 aliphatic rings. The second-order valence-corrected chi connectivity index (χ2v) is 7.71. The van der Waals surface area contributed by atoms with Crippen molar-refractivity contribution in [1.82, 2.24) is 9.03 Å². The Kier molecular flexibility index (Phi) is 2.65. The van der Waals surface area contributed by atoms with E-state index in [2.05, 4.69) is 15.9 Å². The number of hydrogen-bond donors (Lipinski definition) is 0. The van der Waals surface area contributed by atoms with E-state index in [1.54, 1.807) is 16.6 Å². The van der Waals surface area contributed by atoms with Gasteiger partial charge in [-0.3, -0.25) is 9.59 Å². The summed E-state index contributed by atoms with van der Waals surface area (Å²) in [6, 6.07) is 15.1. The average molecular weight is 419 g/mol. The van der Waals surface area contributed by atoms with Crippen LogP contribution in [-0.4, -0.2) is 9.03 Å². The first kappa shape index (κ1) is 15.0. The summed E-state index contributed by atoms with van der Waals surface area (Å²) in [4.78, 5) is 26.0. The molecule has 0 fully saturated rings. The predicted octanol–water partition coefficient (Wildman–Crippen LogP) is 4.47. The number of aryl methyl sites for hydroxylation is 1. The van der Waals surface area contributed by atoms with Gasteiger partial charge in [0.2, 0.25) is 0 Å². The second kappa shape index (κ2) is 4.78. The topological polar surface area (TPSA) is 56.1 Å². The fourth-order valence-corrected chi connectivity index (χ4v) is 4.72. The molecule has 0 amide bonds. The molecular formula is C21H11BrN2O3. The molecule has 0 saturated heterocycles. The van der Waals surface area contributed by atoms with Crippen molar-refractivity contribution in [2.75, 3.05) is 0 Å². The summed E-state index contributed by atoms with van der Waals surface area (Å²) in [6.07, 6.45) is 0. The van der Waals surface area contributed by atoms with E-state index < -0.39 is 0 Å². The van der Waals surface area contributed by atoms with Crippen LogP contribution in [0.2, 0.25) is 0 Å². The number of hydrogen-bond acceptors (Lipinski definition) is 3. The molecule has 0 radical (unpaired) electrons. The number of furan rings is 1. The third-order valence-electron chi connectivity index (χ3n) is 5.26. The van der Waals surface area contributed by atoms with E-state index in [9.17, 15) is 9.59 Å². The van der Waals surface area contributed by atoms with Crippen molar-refractivity contribution in [2.24, 2.45) is 0 Å². The first-order valence-corrected chi connectivity index (χ1v) is 9.29. The molecule has 0 unspecified atom stereocenters. The molecule has 0 bridgehead atoms. The van der Waals surface area contributed by atoms with Crippen LogP contribution in [0.4, 0.5) is 0 Å². The molecule has 0 aliphatic heterocycles. The Morgan fingerprint density at radius 1 is 0.815 bits per heavy atom. The Morgan fingerprint density at radius 2 is 1.56 bits per heavy atom. The standard InChI is InChI=1S/C21H11BrN2O3/c1-10-8-11(22)9-15-17(10)23-18-14(20(25)24(23)21(15)26)7-6-13-12-4-2-3-5-16(12)27-19(13)18/h2-9H,1H3. The lowest BCUT2D eigenvalue weighted by Crippen LogP contribution is -2.21. The summed E-state index contributed by atoms with van der Waals surface area (Å²) >= 11 is 3.44. The summed E-state index contributed by atoms with van der Waals surface area (Å²) in [5.41, 5.74) is 2.99. The Labute approximate surface area is 159 Å². The van der Waals surface area contributed by atoms with Crippen LogP contribution in [-0.2, 0) is 0 Å². The largest absolute Gasteiger partial charge is 0.454 e. The molecule has 6 heteroatoms. The van der Waals surface area contributed by atoms with Crippen LogP contribution in [0.3, 0.4) is 0 Å². The van der Waals surface area contributed by atoms with E-state index in [4.69, 9.17) is 4.42 Å². The number of fused-ring (bicyclic) bond motifs is 9. The molecule has 0 spiro atoms. The van der Waals surface area contributed by atoms with Crippen molar-refractivity contribution in [3.8, 4) is 0 Å². The Bertz CT molecular complexity index is 1690. The van der Waals surface area contributed by atoms with Crippen LogP contribution in [0.1, 0.15) is 5.56 Å². The quantitative estimate of drug-likeness (QED) is 0.365. The third kappa shape index (κ3) is 1.69. The molecule has 0 atom stereocenters. The zero-order chi connectivity index (χ0) is 18.4. The predicted molar refractivity (Wildman–Crippen MR) is 109 cm³/mol. The highest BCUT2D eigenvalue weighted by molar-refractivity contribution is 9.10. The number of aromatic nitrogens is 2. The SMILES string of the molecule is Cc1cc(Br)cc2c(=O)n3c(=O)c4ccc5c6ccccc6oc5c4n3c12. The van der Waals surface area contributed by atoms with Crippen molar-refractivity contribution < 1.29 is 4.42 Å². The van der Waals surface area contributed by atoms with Crippen LogP contribution in [0, 0.1) is 6.92 Å². The third-order valence-corrected chi connectivity index (χ3v) is 5.71. The van der Waals surface area contributed by atoms with Gasteiger partial charge in [-0.1, -0.05) is 34.1 Å².